The largest absolute Gasteiger partial charge is 0.468 e. The molecule has 31 heavy (non-hydrogen) atoms. The molecule has 0 radical (unpaired) electrons. The second-order valence-corrected chi connectivity index (χ2v) is 9.18. The SMILES string of the molecule is CCc1cc2c(N3CCN(C(=O)c4ccccc4)CC3)nc(SCC(=O)OC)nc2s1. The summed E-state index contributed by atoms with van der Waals surface area (Å²) in [5.41, 5.74) is 0.715. The number of piperazine rings is 1. The maximum atomic E-state index is 12.8. The molecule has 0 aliphatic carbocycles. The Labute approximate surface area is 189 Å². The lowest BCUT2D eigenvalue weighted by Crippen LogP contribution is -2.49. The van der Waals surface area contributed by atoms with Gasteiger partial charge in [0.25, 0.3) is 5.91 Å². The Kier molecular flexibility index (Phi) is 6.72. The van der Waals surface area contributed by atoms with Gasteiger partial charge < -0.3 is 14.5 Å². The van der Waals surface area contributed by atoms with Gasteiger partial charge in [0.05, 0.1) is 18.2 Å². The summed E-state index contributed by atoms with van der Waals surface area (Å²) in [7, 11) is 1.38. The summed E-state index contributed by atoms with van der Waals surface area (Å²) in [5.74, 6) is 0.808. The van der Waals surface area contributed by atoms with Crippen LogP contribution in [-0.4, -0.2) is 65.8 Å². The molecule has 1 saturated heterocycles. The van der Waals surface area contributed by atoms with Crippen molar-refractivity contribution in [3.63, 3.8) is 0 Å². The fourth-order valence-electron chi connectivity index (χ4n) is 3.48. The standard InChI is InChI=1S/C22H24N4O3S2/c1-3-16-13-17-19(23-22(24-20(17)31-16)30-14-18(27)29-2)25-9-11-26(12-10-25)21(28)15-7-5-4-6-8-15/h4-8,13H,3,9-12,14H2,1-2H3. The van der Waals surface area contributed by atoms with E-state index in [0.29, 0.717) is 36.9 Å². The second kappa shape index (κ2) is 9.65. The number of aromatic nitrogens is 2. The van der Waals surface area contributed by atoms with E-state index in [1.165, 1.54) is 23.7 Å². The maximum Gasteiger partial charge on any atom is 0.316 e. The smallest absolute Gasteiger partial charge is 0.316 e. The number of methoxy groups -OCH3 is 1. The molecule has 0 N–H and O–H groups in total. The molecular weight excluding hydrogens is 432 g/mol. The van der Waals surface area contributed by atoms with Crippen LogP contribution in [0, 0.1) is 0 Å². The molecule has 3 heterocycles. The first-order valence-corrected chi connectivity index (χ1v) is 12.0. The fourth-order valence-corrected chi connectivity index (χ4v) is 5.18. The number of benzene rings is 1. The van der Waals surface area contributed by atoms with Gasteiger partial charge in [0.1, 0.15) is 10.6 Å². The molecule has 1 aliphatic heterocycles. The van der Waals surface area contributed by atoms with Crippen molar-refractivity contribution >= 4 is 51.0 Å². The number of aryl methyl sites for hydroxylation is 1. The van der Waals surface area contributed by atoms with E-state index in [4.69, 9.17) is 9.72 Å². The molecule has 4 rings (SSSR count). The van der Waals surface area contributed by atoms with Gasteiger partial charge in [0.2, 0.25) is 0 Å². The monoisotopic (exact) mass is 456 g/mol. The number of carbonyl (C=O) groups excluding carboxylic acids is 2. The topological polar surface area (TPSA) is 75.6 Å². The van der Waals surface area contributed by atoms with Crippen molar-refractivity contribution in [3.8, 4) is 0 Å². The van der Waals surface area contributed by atoms with E-state index < -0.39 is 0 Å². The summed E-state index contributed by atoms with van der Waals surface area (Å²) in [5, 5.41) is 1.60. The van der Waals surface area contributed by atoms with Crippen LogP contribution >= 0.6 is 23.1 Å². The number of rotatable bonds is 6. The number of amides is 1. The van der Waals surface area contributed by atoms with Crippen LogP contribution in [0.15, 0.2) is 41.6 Å². The Balaban J connectivity index is 1.55. The predicted molar refractivity (Wildman–Crippen MR) is 124 cm³/mol. The highest BCUT2D eigenvalue weighted by Crippen LogP contribution is 2.34. The number of nitrogens with zero attached hydrogens (tertiary/aromatic N) is 4. The number of carbonyl (C=O) groups is 2. The van der Waals surface area contributed by atoms with E-state index in [-0.39, 0.29) is 17.6 Å². The summed E-state index contributed by atoms with van der Waals surface area (Å²) in [6.07, 6.45) is 0.935. The van der Waals surface area contributed by atoms with E-state index in [9.17, 15) is 9.59 Å². The predicted octanol–water partition coefficient (Wildman–Crippen LogP) is 3.48. The van der Waals surface area contributed by atoms with Gasteiger partial charge in [0.15, 0.2) is 5.16 Å². The van der Waals surface area contributed by atoms with Gasteiger partial charge in [-0.25, -0.2) is 9.97 Å². The maximum absolute atomic E-state index is 12.8. The van der Waals surface area contributed by atoms with Gasteiger partial charge in [-0.1, -0.05) is 36.9 Å². The molecule has 1 fully saturated rings. The third-order valence-corrected chi connectivity index (χ3v) is 7.18. The van der Waals surface area contributed by atoms with E-state index in [2.05, 4.69) is 22.9 Å². The van der Waals surface area contributed by atoms with E-state index in [1.54, 1.807) is 11.3 Å². The van der Waals surface area contributed by atoms with Crippen molar-refractivity contribution in [2.75, 3.05) is 43.9 Å². The van der Waals surface area contributed by atoms with Crippen LogP contribution in [0.2, 0.25) is 0 Å². The molecule has 0 spiro atoms. The molecule has 0 saturated carbocycles. The van der Waals surface area contributed by atoms with Crippen LogP contribution in [0.4, 0.5) is 5.82 Å². The normalized spacial score (nSPS) is 14.1. The number of fused-ring (bicyclic) bond motifs is 1. The highest BCUT2D eigenvalue weighted by atomic mass is 32.2. The Morgan fingerprint density at radius 2 is 1.87 bits per heavy atom. The van der Waals surface area contributed by atoms with Gasteiger partial charge in [-0.05, 0) is 24.6 Å². The first-order chi connectivity index (χ1) is 15.1. The first kappa shape index (κ1) is 21.6. The third-order valence-electron chi connectivity index (χ3n) is 5.19. The number of hydrogen-bond donors (Lipinski definition) is 0. The highest BCUT2D eigenvalue weighted by molar-refractivity contribution is 7.99. The Bertz CT molecular complexity index is 1080. The number of ether oxygens (including phenoxy) is 1. The molecule has 162 valence electrons. The number of anilines is 1. The zero-order chi connectivity index (χ0) is 21.8. The summed E-state index contributed by atoms with van der Waals surface area (Å²) < 4.78 is 4.74. The zero-order valence-electron chi connectivity index (χ0n) is 17.5. The van der Waals surface area contributed by atoms with Crippen molar-refractivity contribution in [2.45, 2.75) is 18.5 Å². The summed E-state index contributed by atoms with van der Waals surface area (Å²) >= 11 is 2.94. The number of esters is 1. The van der Waals surface area contributed by atoms with Crippen LogP contribution in [0.25, 0.3) is 10.2 Å². The highest BCUT2D eigenvalue weighted by Gasteiger charge is 2.25. The van der Waals surface area contributed by atoms with Gasteiger partial charge >= 0.3 is 5.97 Å². The van der Waals surface area contributed by atoms with Crippen LogP contribution in [0.1, 0.15) is 22.2 Å². The minimum Gasteiger partial charge on any atom is -0.468 e. The molecule has 1 amide bonds. The summed E-state index contributed by atoms with van der Waals surface area (Å²) in [4.78, 5) is 40.0. The summed E-state index contributed by atoms with van der Waals surface area (Å²) in [6.45, 7) is 4.79. The molecule has 0 bridgehead atoms. The van der Waals surface area contributed by atoms with Crippen molar-refractivity contribution in [1.82, 2.24) is 14.9 Å². The van der Waals surface area contributed by atoms with Crippen LogP contribution in [0.5, 0.6) is 0 Å². The Morgan fingerprint density at radius 1 is 1.13 bits per heavy atom. The van der Waals surface area contributed by atoms with Crippen LogP contribution < -0.4 is 4.90 Å². The average molecular weight is 457 g/mol. The van der Waals surface area contributed by atoms with Crippen LogP contribution in [-0.2, 0) is 16.0 Å². The molecule has 7 nitrogen and oxygen atoms in total. The number of thiophene rings is 1. The lowest BCUT2D eigenvalue weighted by atomic mass is 10.2. The van der Waals surface area contributed by atoms with Crippen molar-refractivity contribution in [1.29, 1.82) is 0 Å². The minimum atomic E-state index is -0.302. The molecule has 2 aromatic heterocycles. The lowest BCUT2D eigenvalue weighted by Gasteiger charge is -2.35. The fraction of sp³-hybridized carbons (Fsp3) is 0.364. The van der Waals surface area contributed by atoms with Gasteiger partial charge in [-0.15, -0.1) is 11.3 Å². The van der Waals surface area contributed by atoms with Gasteiger partial charge in [0, 0.05) is 36.6 Å². The number of thioether (sulfide) groups is 1. The quantitative estimate of drug-likeness (QED) is 0.319. The number of hydrogen-bond acceptors (Lipinski definition) is 8. The molecular formula is C22H24N4O3S2. The molecule has 0 unspecified atom stereocenters. The lowest BCUT2D eigenvalue weighted by molar-refractivity contribution is -0.137. The average Bonchev–Trinajstić information content (AvgIpc) is 3.25. The van der Waals surface area contributed by atoms with E-state index >= 15 is 0 Å². The molecule has 9 heteroatoms. The van der Waals surface area contributed by atoms with Gasteiger partial charge in [-0.3, -0.25) is 9.59 Å². The third kappa shape index (κ3) is 4.83. The molecule has 1 aromatic carbocycles. The van der Waals surface area contributed by atoms with E-state index in [0.717, 1.165) is 22.5 Å². The van der Waals surface area contributed by atoms with Crippen molar-refractivity contribution in [2.24, 2.45) is 0 Å². The molecule has 0 atom stereocenters. The van der Waals surface area contributed by atoms with Gasteiger partial charge in [-0.2, -0.15) is 0 Å². The minimum absolute atomic E-state index is 0.0613. The van der Waals surface area contributed by atoms with Crippen molar-refractivity contribution < 1.29 is 14.3 Å². The van der Waals surface area contributed by atoms with E-state index in [1.807, 2.05) is 35.2 Å². The Morgan fingerprint density at radius 3 is 2.55 bits per heavy atom. The first-order valence-electron chi connectivity index (χ1n) is 10.2. The zero-order valence-corrected chi connectivity index (χ0v) is 19.2. The Hall–Kier alpha value is -2.65. The second-order valence-electron chi connectivity index (χ2n) is 7.12. The van der Waals surface area contributed by atoms with Crippen LogP contribution in [0.3, 0.4) is 0 Å². The summed E-state index contributed by atoms with van der Waals surface area (Å²) in [6, 6.07) is 11.5. The van der Waals surface area contributed by atoms with Crippen molar-refractivity contribution in [3.05, 3.63) is 46.8 Å². The molecule has 3 aromatic rings. The molecule has 1 aliphatic rings.